The highest BCUT2D eigenvalue weighted by Crippen LogP contribution is 2.13. The number of nitrogens with one attached hydrogen (secondary N) is 2. The van der Waals surface area contributed by atoms with Gasteiger partial charge >= 0.3 is 0 Å². The zero-order chi connectivity index (χ0) is 16.4. The first-order valence-corrected chi connectivity index (χ1v) is 8.00. The lowest BCUT2D eigenvalue weighted by atomic mass is 10.1. The second-order valence-electron chi connectivity index (χ2n) is 5.48. The predicted molar refractivity (Wildman–Crippen MR) is 92.8 cm³/mol. The Labute approximate surface area is 133 Å². The molecule has 0 aliphatic heterocycles. The summed E-state index contributed by atoms with van der Waals surface area (Å²) in [5.41, 5.74) is 7.63. The molecule has 0 aliphatic rings. The highest BCUT2D eigenvalue weighted by atomic mass is 16.1. The van der Waals surface area contributed by atoms with Gasteiger partial charge in [-0.15, -0.1) is 0 Å². The molecule has 122 valence electrons. The Bertz CT molecular complexity index is 499. The van der Waals surface area contributed by atoms with Crippen LogP contribution >= 0.6 is 0 Å². The van der Waals surface area contributed by atoms with E-state index in [-0.39, 0.29) is 11.8 Å². The third-order valence-corrected chi connectivity index (χ3v) is 3.52. The number of amides is 1. The van der Waals surface area contributed by atoms with Crippen molar-refractivity contribution in [2.24, 2.45) is 16.6 Å². The molecular weight excluding hydrogens is 276 g/mol. The summed E-state index contributed by atoms with van der Waals surface area (Å²) in [5, 5.41) is 6.01. The summed E-state index contributed by atoms with van der Waals surface area (Å²) in [6.45, 7) is 7.40. The van der Waals surface area contributed by atoms with Crippen LogP contribution in [0.25, 0.3) is 0 Å². The minimum absolute atomic E-state index is 0.0140. The van der Waals surface area contributed by atoms with Crippen LogP contribution in [-0.2, 0) is 11.3 Å². The molecule has 0 radical (unpaired) electrons. The second-order valence-corrected chi connectivity index (χ2v) is 5.48. The number of rotatable bonds is 8. The maximum Gasteiger partial charge on any atom is 0.227 e. The van der Waals surface area contributed by atoms with Crippen molar-refractivity contribution in [3.05, 3.63) is 29.8 Å². The third-order valence-electron chi connectivity index (χ3n) is 3.52. The molecule has 0 saturated heterocycles. The normalized spacial score (nSPS) is 12.8. The number of carbonyl (C=O) groups is 1. The van der Waals surface area contributed by atoms with Crippen molar-refractivity contribution < 1.29 is 4.79 Å². The number of nitrogens with zero attached hydrogens (tertiary/aromatic N) is 1. The summed E-state index contributed by atoms with van der Waals surface area (Å²) in [4.78, 5) is 16.2. The first-order chi connectivity index (χ1) is 10.6. The van der Waals surface area contributed by atoms with Gasteiger partial charge in [0.1, 0.15) is 0 Å². The first-order valence-electron chi connectivity index (χ1n) is 8.00. The van der Waals surface area contributed by atoms with Crippen molar-refractivity contribution in [3.63, 3.8) is 0 Å². The van der Waals surface area contributed by atoms with E-state index in [1.807, 2.05) is 38.1 Å². The molecule has 5 nitrogen and oxygen atoms in total. The second kappa shape index (κ2) is 9.82. The van der Waals surface area contributed by atoms with Crippen molar-refractivity contribution in [1.29, 1.82) is 0 Å². The van der Waals surface area contributed by atoms with Gasteiger partial charge in [0.25, 0.3) is 0 Å². The van der Waals surface area contributed by atoms with Gasteiger partial charge in [-0.2, -0.15) is 0 Å². The number of aliphatic imine (C=N–C) groups is 1. The molecule has 0 aliphatic carbocycles. The van der Waals surface area contributed by atoms with Crippen molar-refractivity contribution in [3.8, 4) is 0 Å². The average molecular weight is 304 g/mol. The van der Waals surface area contributed by atoms with Gasteiger partial charge in [-0.25, -0.2) is 4.99 Å². The number of unbranched alkanes of at least 4 members (excludes halogenated alkanes) is 1. The molecular formula is C17H28N4O. The molecule has 5 heteroatoms. The Kier molecular flexibility index (Phi) is 8.04. The zero-order valence-corrected chi connectivity index (χ0v) is 13.9. The van der Waals surface area contributed by atoms with Gasteiger partial charge in [-0.1, -0.05) is 39.3 Å². The molecule has 1 unspecified atom stereocenters. The zero-order valence-electron chi connectivity index (χ0n) is 13.9. The summed E-state index contributed by atoms with van der Waals surface area (Å²) in [7, 11) is 0. The molecule has 1 aromatic rings. The van der Waals surface area contributed by atoms with Crippen LogP contribution < -0.4 is 16.4 Å². The smallest absolute Gasteiger partial charge is 0.227 e. The lowest BCUT2D eigenvalue weighted by Crippen LogP contribution is -2.32. The van der Waals surface area contributed by atoms with E-state index in [4.69, 9.17) is 5.73 Å². The number of anilines is 1. The fraction of sp³-hybridized carbons (Fsp3) is 0.529. The number of hydrogen-bond donors (Lipinski definition) is 3. The summed E-state index contributed by atoms with van der Waals surface area (Å²) < 4.78 is 0. The summed E-state index contributed by atoms with van der Waals surface area (Å²) in [6.07, 6.45) is 3.03. The van der Waals surface area contributed by atoms with Crippen LogP contribution in [0.15, 0.2) is 29.3 Å². The Hall–Kier alpha value is -2.04. The SMILES string of the molecule is CCCCNC(N)=NCc1cccc(NC(=O)C(C)CC)c1. The van der Waals surface area contributed by atoms with Gasteiger partial charge in [0.2, 0.25) is 5.91 Å². The molecule has 1 atom stereocenters. The molecule has 4 N–H and O–H groups in total. The first kappa shape index (κ1) is 18.0. The van der Waals surface area contributed by atoms with Gasteiger partial charge in [0.05, 0.1) is 6.54 Å². The molecule has 0 aromatic heterocycles. The third kappa shape index (κ3) is 6.61. The highest BCUT2D eigenvalue weighted by molar-refractivity contribution is 5.92. The maximum absolute atomic E-state index is 11.9. The standard InChI is InChI=1S/C17H28N4O/c1-4-6-10-19-17(18)20-12-14-8-7-9-15(11-14)21-16(22)13(3)5-2/h7-9,11,13H,4-6,10,12H2,1-3H3,(H,21,22)(H3,18,19,20). The van der Waals surface area contributed by atoms with Crippen LogP contribution in [0.2, 0.25) is 0 Å². The minimum atomic E-state index is 0.0140. The van der Waals surface area contributed by atoms with Crippen molar-refractivity contribution >= 4 is 17.6 Å². The van der Waals surface area contributed by atoms with Gasteiger partial charge in [0.15, 0.2) is 5.96 Å². The van der Waals surface area contributed by atoms with E-state index in [1.54, 1.807) is 0 Å². The largest absolute Gasteiger partial charge is 0.370 e. The predicted octanol–water partition coefficient (Wildman–Crippen LogP) is 2.88. The molecule has 1 rings (SSSR count). The van der Waals surface area contributed by atoms with E-state index in [0.717, 1.165) is 37.1 Å². The minimum Gasteiger partial charge on any atom is -0.370 e. The van der Waals surface area contributed by atoms with Crippen LogP contribution in [0.3, 0.4) is 0 Å². The van der Waals surface area contributed by atoms with Gasteiger partial charge in [-0.3, -0.25) is 4.79 Å². The monoisotopic (exact) mass is 304 g/mol. The van der Waals surface area contributed by atoms with Crippen LogP contribution in [0.5, 0.6) is 0 Å². The molecule has 22 heavy (non-hydrogen) atoms. The number of nitrogens with two attached hydrogens (primary N) is 1. The van der Waals surface area contributed by atoms with E-state index in [1.165, 1.54) is 0 Å². The molecule has 0 heterocycles. The molecule has 0 spiro atoms. The van der Waals surface area contributed by atoms with E-state index < -0.39 is 0 Å². The molecule has 1 aromatic carbocycles. The van der Waals surface area contributed by atoms with Crippen molar-refractivity contribution in [2.45, 2.75) is 46.6 Å². The fourth-order valence-corrected chi connectivity index (χ4v) is 1.82. The van der Waals surface area contributed by atoms with Crippen molar-refractivity contribution in [1.82, 2.24) is 5.32 Å². The van der Waals surface area contributed by atoms with Gasteiger partial charge in [-0.05, 0) is 30.5 Å². The molecule has 0 fully saturated rings. The Morgan fingerprint density at radius 3 is 2.82 bits per heavy atom. The van der Waals surface area contributed by atoms with E-state index >= 15 is 0 Å². The van der Waals surface area contributed by atoms with Crippen LogP contribution in [0, 0.1) is 5.92 Å². The van der Waals surface area contributed by atoms with Crippen LogP contribution in [0.4, 0.5) is 5.69 Å². The summed E-state index contributed by atoms with van der Waals surface area (Å²) in [5.74, 6) is 0.520. The summed E-state index contributed by atoms with van der Waals surface area (Å²) in [6, 6.07) is 7.71. The van der Waals surface area contributed by atoms with Crippen LogP contribution in [0.1, 0.15) is 45.6 Å². The maximum atomic E-state index is 11.9. The van der Waals surface area contributed by atoms with Crippen LogP contribution in [-0.4, -0.2) is 18.4 Å². The summed E-state index contributed by atoms with van der Waals surface area (Å²) >= 11 is 0. The van der Waals surface area contributed by atoms with Gasteiger partial charge < -0.3 is 16.4 Å². The van der Waals surface area contributed by atoms with Crippen molar-refractivity contribution in [2.75, 3.05) is 11.9 Å². The van der Waals surface area contributed by atoms with E-state index in [2.05, 4.69) is 22.5 Å². The lowest BCUT2D eigenvalue weighted by molar-refractivity contribution is -0.119. The molecule has 0 bridgehead atoms. The molecule has 1 amide bonds. The van der Waals surface area contributed by atoms with E-state index in [0.29, 0.717) is 12.5 Å². The number of hydrogen-bond acceptors (Lipinski definition) is 2. The Balaban J connectivity index is 2.57. The van der Waals surface area contributed by atoms with E-state index in [9.17, 15) is 4.79 Å². The Morgan fingerprint density at radius 1 is 1.36 bits per heavy atom. The fourth-order valence-electron chi connectivity index (χ4n) is 1.82. The topological polar surface area (TPSA) is 79.5 Å². The lowest BCUT2D eigenvalue weighted by Gasteiger charge is -2.11. The number of benzene rings is 1. The quantitative estimate of drug-likeness (QED) is 0.392. The number of guanidine groups is 1. The number of carbonyl (C=O) groups excluding carboxylic acids is 1. The highest BCUT2D eigenvalue weighted by Gasteiger charge is 2.10. The average Bonchev–Trinajstić information content (AvgIpc) is 2.52. The Morgan fingerprint density at radius 2 is 2.14 bits per heavy atom. The molecule has 0 saturated carbocycles. The van der Waals surface area contributed by atoms with Gasteiger partial charge in [0, 0.05) is 18.2 Å².